The van der Waals surface area contributed by atoms with Gasteiger partial charge >= 0.3 is 0 Å². The Bertz CT molecular complexity index is 1290. The first kappa shape index (κ1) is 24.7. The number of benzene rings is 1. The van der Waals surface area contributed by atoms with Crippen LogP contribution in [0.5, 0.6) is 5.75 Å². The van der Waals surface area contributed by atoms with E-state index in [1.165, 1.54) is 0 Å². The molecule has 0 aliphatic carbocycles. The van der Waals surface area contributed by atoms with Crippen LogP contribution in [0.1, 0.15) is 26.4 Å². The fraction of sp³-hybridized carbons (Fsp3) is 0.333. The Hall–Kier alpha value is -4.02. The van der Waals surface area contributed by atoms with Crippen molar-refractivity contribution in [2.45, 2.75) is 6.54 Å². The van der Waals surface area contributed by atoms with Gasteiger partial charge in [-0.15, -0.1) is 0 Å². The molecular weight excluding hydrogens is 470 g/mol. The van der Waals surface area contributed by atoms with Crippen LogP contribution >= 0.6 is 0 Å². The number of rotatable bonds is 8. The number of carbonyl (C=O) groups is 2. The molecule has 0 bridgehead atoms. The lowest BCUT2D eigenvalue weighted by Gasteiger charge is -2.30. The Morgan fingerprint density at radius 3 is 2.81 bits per heavy atom. The van der Waals surface area contributed by atoms with E-state index in [0.29, 0.717) is 36.0 Å². The van der Waals surface area contributed by atoms with Gasteiger partial charge in [0.2, 0.25) is 0 Å². The van der Waals surface area contributed by atoms with E-state index < -0.39 is 0 Å². The fourth-order valence-corrected chi connectivity index (χ4v) is 4.45. The monoisotopic (exact) mass is 501 g/mol. The number of fused-ring (bicyclic) bond motifs is 1. The van der Waals surface area contributed by atoms with Crippen LogP contribution in [-0.4, -0.2) is 80.1 Å². The van der Waals surface area contributed by atoms with Crippen LogP contribution in [0.4, 0.5) is 17.2 Å². The van der Waals surface area contributed by atoms with Gasteiger partial charge in [-0.2, -0.15) is 0 Å². The highest BCUT2D eigenvalue weighted by molar-refractivity contribution is 6.10. The summed E-state index contributed by atoms with van der Waals surface area (Å²) in [6.45, 7) is 5.17. The fourth-order valence-electron chi connectivity index (χ4n) is 4.45. The summed E-state index contributed by atoms with van der Waals surface area (Å²) in [7, 11) is 3.97. The molecule has 0 unspecified atom stereocenters. The maximum atomic E-state index is 13.2. The summed E-state index contributed by atoms with van der Waals surface area (Å²) in [4.78, 5) is 40.9. The minimum absolute atomic E-state index is 0.161. The van der Waals surface area contributed by atoms with Gasteiger partial charge in [0, 0.05) is 44.5 Å². The number of nitrogens with zero attached hydrogens (tertiary/aromatic N) is 5. The number of amides is 2. The van der Waals surface area contributed by atoms with Gasteiger partial charge in [-0.3, -0.25) is 19.5 Å². The van der Waals surface area contributed by atoms with Crippen LogP contribution in [0.15, 0.2) is 54.9 Å². The third-order valence-electron chi connectivity index (χ3n) is 6.44. The third kappa shape index (κ3) is 5.55. The summed E-state index contributed by atoms with van der Waals surface area (Å²) in [5.74, 6) is 0.574. The van der Waals surface area contributed by atoms with E-state index >= 15 is 0 Å². The van der Waals surface area contributed by atoms with Crippen molar-refractivity contribution < 1.29 is 14.3 Å². The summed E-state index contributed by atoms with van der Waals surface area (Å²) >= 11 is 0. The molecule has 192 valence electrons. The second-order valence-electron chi connectivity index (χ2n) is 9.33. The zero-order chi connectivity index (χ0) is 25.8. The SMILES string of the molecule is CN(C)CCOc1ccc2c(c1)C(=O)N(c1cccc(C(=O)Nc3cnccc3N3CCNCC3)n1)C2. The highest BCUT2D eigenvalue weighted by Gasteiger charge is 2.30. The molecule has 10 nitrogen and oxygen atoms in total. The maximum absolute atomic E-state index is 13.2. The first-order chi connectivity index (χ1) is 18.0. The van der Waals surface area contributed by atoms with E-state index in [1.807, 2.05) is 37.2 Å². The Kier molecular flexibility index (Phi) is 7.29. The number of anilines is 3. The van der Waals surface area contributed by atoms with Crippen molar-refractivity contribution in [2.24, 2.45) is 0 Å². The van der Waals surface area contributed by atoms with E-state index in [1.54, 1.807) is 41.6 Å². The molecule has 5 rings (SSSR count). The Labute approximate surface area is 216 Å². The number of nitrogens with one attached hydrogen (secondary N) is 2. The first-order valence-corrected chi connectivity index (χ1v) is 12.4. The van der Waals surface area contributed by atoms with Crippen molar-refractivity contribution in [3.63, 3.8) is 0 Å². The van der Waals surface area contributed by atoms with Gasteiger partial charge < -0.3 is 25.2 Å². The Morgan fingerprint density at radius 1 is 1.16 bits per heavy atom. The Balaban J connectivity index is 1.30. The average molecular weight is 502 g/mol. The largest absolute Gasteiger partial charge is 0.492 e. The minimum Gasteiger partial charge on any atom is -0.492 e. The van der Waals surface area contributed by atoms with Gasteiger partial charge in [0.05, 0.1) is 24.1 Å². The molecule has 2 aromatic heterocycles. The molecule has 4 heterocycles. The number of hydrogen-bond acceptors (Lipinski definition) is 8. The van der Waals surface area contributed by atoms with Crippen molar-refractivity contribution >= 4 is 29.0 Å². The van der Waals surface area contributed by atoms with E-state index in [4.69, 9.17) is 4.74 Å². The van der Waals surface area contributed by atoms with Gasteiger partial charge in [0.1, 0.15) is 23.9 Å². The molecule has 2 amide bonds. The molecule has 1 fully saturated rings. The van der Waals surface area contributed by atoms with Gasteiger partial charge in [-0.05, 0) is 50.0 Å². The van der Waals surface area contributed by atoms with Gasteiger partial charge in [-0.1, -0.05) is 12.1 Å². The lowest BCUT2D eigenvalue weighted by Crippen LogP contribution is -2.43. The van der Waals surface area contributed by atoms with Crippen LogP contribution < -0.4 is 25.2 Å². The molecule has 0 atom stereocenters. The summed E-state index contributed by atoms with van der Waals surface area (Å²) in [6.07, 6.45) is 3.37. The zero-order valence-corrected chi connectivity index (χ0v) is 21.1. The Morgan fingerprint density at radius 2 is 2.00 bits per heavy atom. The smallest absolute Gasteiger partial charge is 0.274 e. The molecule has 1 aromatic carbocycles. The van der Waals surface area contributed by atoms with Crippen LogP contribution in [0.2, 0.25) is 0 Å². The summed E-state index contributed by atoms with van der Waals surface area (Å²) < 4.78 is 5.80. The lowest BCUT2D eigenvalue weighted by atomic mass is 10.1. The predicted octanol–water partition coefficient (Wildman–Crippen LogP) is 2.24. The van der Waals surface area contributed by atoms with Crippen molar-refractivity contribution in [3.8, 4) is 5.75 Å². The predicted molar refractivity (Wildman–Crippen MR) is 143 cm³/mol. The second kappa shape index (κ2) is 10.9. The number of pyridine rings is 2. The first-order valence-electron chi connectivity index (χ1n) is 12.4. The quantitative estimate of drug-likeness (QED) is 0.485. The molecule has 3 aromatic rings. The summed E-state index contributed by atoms with van der Waals surface area (Å²) in [5, 5.41) is 6.29. The van der Waals surface area contributed by atoms with Crippen LogP contribution in [-0.2, 0) is 6.54 Å². The molecule has 0 saturated carbocycles. The number of piperazine rings is 1. The molecule has 10 heteroatoms. The molecule has 37 heavy (non-hydrogen) atoms. The van der Waals surface area contributed by atoms with E-state index in [-0.39, 0.29) is 17.5 Å². The standard InChI is InChI=1S/C27H31N7O3/c1-32(2)14-15-37-20-7-6-19-18-34(27(36)21(19)16-20)25-5-3-4-22(30-25)26(35)31-23-17-29-9-8-24(23)33-12-10-28-11-13-33/h3-9,16-17,28H,10-15,18H2,1-2H3,(H,31,35). The van der Waals surface area contributed by atoms with Crippen LogP contribution in [0.3, 0.4) is 0 Å². The highest BCUT2D eigenvalue weighted by atomic mass is 16.5. The third-order valence-corrected chi connectivity index (χ3v) is 6.44. The maximum Gasteiger partial charge on any atom is 0.274 e. The minimum atomic E-state index is -0.355. The number of ether oxygens (including phenoxy) is 1. The second-order valence-corrected chi connectivity index (χ2v) is 9.33. The molecule has 0 radical (unpaired) electrons. The molecule has 1 saturated heterocycles. The highest BCUT2D eigenvalue weighted by Crippen LogP contribution is 2.30. The van der Waals surface area contributed by atoms with Crippen LogP contribution in [0, 0.1) is 0 Å². The van der Waals surface area contributed by atoms with Gasteiger partial charge in [0.15, 0.2) is 0 Å². The molecule has 2 aliphatic heterocycles. The average Bonchev–Trinajstić information content (AvgIpc) is 3.25. The number of likely N-dealkylation sites (N-methyl/N-ethyl adjacent to an activating group) is 1. The topological polar surface area (TPSA) is 103 Å². The number of aromatic nitrogens is 2. The van der Waals surface area contributed by atoms with E-state index in [0.717, 1.165) is 44.0 Å². The lowest BCUT2D eigenvalue weighted by molar-refractivity contribution is 0.0990. The van der Waals surface area contributed by atoms with Crippen LogP contribution in [0.25, 0.3) is 0 Å². The van der Waals surface area contributed by atoms with Gasteiger partial charge in [0.25, 0.3) is 11.8 Å². The zero-order valence-electron chi connectivity index (χ0n) is 21.1. The molecule has 2 aliphatic rings. The van der Waals surface area contributed by atoms with E-state index in [9.17, 15) is 9.59 Å². The summed E-state index contributed by atoms with van der Waals surface area (Å²) in [6, 6.07) is 12.6. The van der Waals surface area contributed by atoms with Crippen molar-refractivity contribution in [2.75, 3.05) is 68.5 Å². The normalized spacial score (nSPS) is 15.2. The number of hydrogen-bond donors (Lipinski definition) is 2. The summed E-state index contributed by atoms with van der Waals surface area (Å²) in [5.41, 5.74) is 3.28. The van der Waals surface area contributed by atoms with Gasteiger partial charge in [-0.25, -0.2) is 4.98 Å². The van der Waals surface area contributed by atoms with Crippen molar-refractivity contribution in [1.82, 2.24) is 20.2 Å². The molecule has 2 N–H and O–H groups in total. The van der Waals surface area contributed by atoms with Crippen molar-refractivity contribution in [1.29, 1.82) is 0 Å². The van der Waals surface area contributed by atoms with E-state index in [2.05, 4.69) is 25.5 Å². The number of carbonyl (C=O) groups excluding carboxylic acids is 2. The molecule has 0 spiro atoms. The molecular formula is C27H31N7O3. The van der Waals surface area contributed by atoms with Crippen molar-refractivity contribution in [3.05, 3.63) is 71.7 Å².